The van der Waals surface area contributed by atoms with Crippen molar-refractivity contribution in [3.05, 3.63) is 52.6 Å². The molecule has 1 aromatic carbocycles. The second-order valence-electron chi connectivity index (χ2n) is 7.39. The summed E-state index contributed by atoms with van der Waals surface area (Å²) >= 11 is 0. The number of carboxylic acids is 1. The molecule has 0 spiro atoms. The topological polar surface area (TPSA) is 66.8 Å². The minimum Gasteiger partial charge on any atom is -0.478 e. The van der Waals surface area contributed by atoms with Crippen LogP contribution in [0.4, 0.5) is 4.79 Å². The highest BCUT2D eigenvalue weighted by Gasteiger charge is 2.32. The van der Waals surface area contributed by atoms with E-state index in [1.165, 1.54) is 10.5 Å². The maximum Gasteiger partial charge on any atom is 0.410 e. The highest BCUT2D eigenvalue weighted by molar-refractivity contribution is 5.97. The van der Waals surface area contributed by atoms with E-state index >= 15 is 0 Å². The van der Waals surface area contributed by atoms with Gasteiger partial charge in [0.1, 0.15) is 5.60 Å². The number of hydrogen-bond donors (Lipinski definition) is 1. The van der Waals surface area contributed by atoms with Gasteiger partial charge in [-0.25, -0.2) is 9.59 Å². The molecule has 1 aliphatic heterocycles. The SMILES string of the molecule is CC(C)(C)OC(=O)N1CCC(C2=CCc3ccccc32)=C(C(=O)O)C1. The Morgan fingerprint density at radius 2 is 1.92 bits per heavy atom. The standard InChI is InChI=1S/C20H23NO4/c1-20(2,3)25-19(24)21-11-10-16(17(12-21)18(22)23)15-9-8-13-6-4-5-7-14(13)15/h4-7,9H,8,10-12H2,1-3H3,(H,22,23). The first kappa shape index (κ1) is 17.3. The minimum absolute atomic E-state index is 0.0685. The van der Waals surface area contributed by atoms with E-state index in [2.05, 4.69) is 12.1 Å². The van der Waals surface area contributed by atoms with Crippen molar-refractivity contribution in [2.75, 3.05) is 13.1 Å². The third-order valence-corrected chi connectivity index (χ3v) is 4.41. The number of fused-ring (bicyclic) bond motifs is 1. The molecular formula is C20H23NO4. The summed E-state index contributed by atoms with van der Waals surface area (Å²) in [5.74, 6) is -0.978. The van der Waals surface area contributed by atoms with E-state index in [1.807, 2.05) is 18.2 Å². The smallest absolute Gasteiger partial charge is 0.410 e. The Bertz CT molecular complexity index is 783. The minimum atomic E-state index is -0.978. The van der Waals surface area contributed by atoms with Gasteiger partial charge in [0.05, 0.1) is 12.1 Å². The Balaban J connectivity index is 1.89. The number of carbonyl (C=O) groups excluding carboxylic acids is 1. The Kier molecular flexibility index (Phi) is 4.41. The summed E-state index contributed by atoms with van der Waals surface area (Å²) in [6.07, 6.45) is 2.95. The first-order valence-corrected chi connectivity index (χ1v) is 8.48. The first-order valence-electron chi connectivity index (χ1n) is 8.48. The van der Waals surface area contributed by atoms with Gasteiger partial charge in [-0.2, -0.15) is 0 Å². The molecule has 5 heteroatoms. The monoisotopic (exact) mass is 341 g/mol. The van der Waals surface area contributed by atoms with Gasteiger partial charge in [-0.05, 0) is 55.9 Å². The van der Waals surface area contributed by atoms with Gasteiger partial charge in [0.2, 0.25) is 0 Å². The molecule has 1 amide bonds. The lowest BCUT2D eigenvalue weighted by Crippen LogP contribution is -2.42. The lowest BCUT2D eigenvalue weighted by atomic mass is 9.90. The molecule has 0 atom stereocenters. The van der Waals surface area contributed by atoms with E-state index in [4.69, 9.17) is 4.74 Å². The molecule has 0 aromatic heterocycles. The molecule has 0 fully saturated rings. The maximum absolute atomic E-state index is 12.3. The van der Waals surface area contributed by atoms with Crippen LogP contribution < -0.4 is 0 Å². The fourth-order valence-corrected chi connectivity index (χ4v) is 3.31. The van der Waals surface area contributed by atoms with Crippen LogP contribution in [0.5, 0.6) is 0 Å². The fourth-order valence-electron chi connectivity index (χ4n) is 3.31. The number of benzene rings is 1. The largest absolute Gasteiger partial charge is 0.478 e. The zero-order valence-electron chi connectivity index (χ0n) is 14.8. The molecule has 132 valence electrons. The first-order chi connectivity index (χ1) is 11.8. The van der Waals surface area contributed by atoms with Gasteiger partial charge >= 0.3 is 12.1 Å². The Hall–Kier alpha value is -2.56. The summed E-state index contributed by atoms with van der Waals surface area (Å²) in [7, 11) is 0. The van der Waals surface area contributed by atoms with E-state index < -0.39 is 17.7 Å². The number of aliphatic carboxylic acids is 1. The van der Waals surface area contributed by atoms with E-state index in [9.17, 15) is 14.7 Å². The van der Waals surface area contributed by atoms with Crippen LogP contribution in [-0.4, -0.2) is 40.8 Å². The number of amides is 1. The van der Waals surface area contributed by atoms with Crippen LogP contribution in [0, 0.1) is 0 Å². The van der Waals surface area contributed by atoms with Crippen LogP contribution in [0.25, 0.3) is 5.57 Å². The average molecular weight is 341 g/mol. The van der Waals surface area contributed by atoms with Crippen LogP contribution in [0.3, 0.4) is 0 Å². The third kappa shape index (κ3) is 3.60. The molecule has 0 radical (unpaired) electrons. The van der Waals surface area contributed by atoms with Crippen molar-refractivity contribution in [2.45, 2.75) is 39.2 Å². The second kappa shape index (κ2) is 6.39. The van der Waals surface area contributed by atoms with Gasteiger partial charge in [0.15, 0.2) is 0 Å². The molecule has 0 saturated carbocycles. The molecule has 25 heavy (non-hydrogen) atoms. The molecule has 2 aliphatic rings. The molecule has 1 N–H and O–H groups in total. The summed E-state index contributed by atoms with van der Waals surface area (Å²) in [6.45, 7) is 5.93. The quantitative estimate of drug-likeness (QED) is 0.892. The zero-order chi connectivity index (χ0) is 18.2. The molecule has 0 unspecified atom stereocenters. The van der Waals surface area contributed by atoms with Crippen molar-refractivity contribution >= 4 is 17.6 Å². The number of carboxylic acid groups (broad SMARTS) is 1. The van der Waals surface area contributed by atoms with Crippen LogP contribution >= 0.6 is 0 Å². The summed E-state index contributed by atoms with van der Waals surface area (Å²) in [6, 6.07) is 8.05. The zero-order valence-corrected chi connectivity index (χ0v) is 14.8. The predicted molar refractivity (Wildman–Crippen MR) is 95.2 cm³/mol. The van der Waals surface area contributed by atoms with Gasteiger partial charge in [-0.3, -0.25) is 0 Å². The van der Waals surface area contributed by atoms with Crippen molar-refractivity contribution < 1.29 is 19.4 Å². The lowest BCUT2D eigenvalue weighted by molar-refractivity contribution is -0.133. The van der Waals surface area contributed by atoms with Gasteiger partial charge in [-0.1, -0.05) is 30.3 Å². The molecule has 1 aromatic rings. The lowest BCUT2D eigenvalue weighted by Gasteiger charge is -2.32. The number of hydrogen-bond acceptors (Lipinski definition) is 3. The average Bonchev–Trinajstić information content (AvgIpc) is 2.96. The third-order valence-electron chi connectivity index (χ3n) is 4.41. The highest BCUT2D eigenvalue weighted by Crippen LogP contribution is 2.37. The van der Waals surface area contributed by atoms with E-state index in [-0.39, 0.29) is 12.1 Å². The Labute approximate surface area is 147 Å². The number of nitrogens with zero attached hydrogens (tertiary/aromatic N) is 1. The van der Waals surface area contributed by atoms with Crippen molar-refractivity contribution in [1.82, 2.24) is 4.90 Å². The summed E-state index contributed by atoms with van der Waals surface area (Å²) in [4.78, 5) is 25.6. The van der Waals surface area contributed by atoms with Gasteiger partial charge < -0.3 is 14.7 Å². The van der Waals surface area contributed by atoms with Crippen LogP contribution in [-0.2, 0) is 16.0 Å². The number of carbonyl (C=O) groups is 2. The molecule has 1 aliphatic carbocycles. The molecular weight excluding hydrogens is 318 g/mol. The maximum atomic E-state index is 12.3. The fraction of sp³-hybridized carbons (Fsp3) is 0.400. The summed E-state index contributed by atoms with van der Waals surface area (Å²) in [5.41, 5.74) is 3.82. The molecule has 0 saturated heterocycles. The van der Waals surface area contributed by atoms with Gasteiger partial charge in [0, 0.05) is 6.54 Å². The number of rotatable bonds is 2. The second-order valence-corrected chi connectivity index (χ2v) is 7.39. The van der Waals surface area contributed by atoms with Crippen LogP contribution in [0.1, 0.15) is 38.3 Å². The van der Waals surface area contributed by atoms with E-state index in [0.29, 0.717) is 13.0 Å². The molecule has 3 rings (SSSR count). The highest BCUT2D eigenvalue weighted by atomic mass is 16.6. The number of allylic oxidation sites excluding steroid dienone is 2. The predicted octanol–water partition coefficient (Wildman–Crippen LogP) is 3.65. The molecule has 5 nitrogen and oxygen atoms in total. The van der Waals surface area contributed by atoms with Crippen molar-refractivity contribution in [1.29, 1.82) is 0 Å². The summed E-state index contributed by atoms with van der Waals surface area (Å²) in [5, 5.41) is 9.69. The Morgan fingerprint density at radius 3 is 2.60 bits per heavy atom. The molecule has 0 bridgehead atoms. The van der Waals surface area contributed by atoms with Gasteiger partial charge in [-0.15, -0.1) is 0 Å². The van der Waals surface area contributed by atoms with E-state index in [0.717, 1.165) is 23.1 Å². The summed E-state index contributed by atoms with van der Waals surface area (Å²) < 4.78 is 5.38. The van der Waals surface area contributed by atoms with Crippen LogP contribution in [0.15, 0.2) is 41.5 Å². The normalized spacial score (nSPS) is 17.2. The molecule has 1 heterocycles. The van der Waals surface area contributed by atoms with Crippen LogP contribution in [0.2, 0.25) is 0 Å². The van der Waals surface area contributed by atoms with Crippen molar-refractivity contribution in [3.63, 3.8) is 0 Å². The van der Waals surface area contributed by atoms with Crippen molar-refractivity contribution in [2.24, 2.45) is 0 Å². The van der Waals surface area contributed by atoms with Crippen molar-refractivity contribution in [3.8, 4) is 0 Å². The van der Waals surface area contributed by atoms with E-state index in [1.54, 1.807) is 20.8 Å². The van der Waals surface area contributed by atoms with Gasteiger partial charge in [0.25, 0.3) is 0 Å². The Morgan fingerprint density at radius 1 is 1.20 bits per heavy atom. The number of ether oxygens (including phenoxy) is 1.